The monoisotopic (exact) mass is 570 g/mol. The summed E-state index contributed by atoms with van der Waals surface area (Å²) in [6.45, 7) is 6.71. The summed E-state index contributed by atoms with van der Waals surface area (Å²) in [5, 5.41) is 17.9. The van der Waals surface area contributed by atoms with Gasteiger partial charge in [0.15, 0.2) is 29.2 Å². The van der Waals surface area contributed by atoms with Crippen molar-refractivity contribution in [1.29, 1.82) is 5.41 Å². The van der Waals surface area contributed by atoms with E-state index in [2.05, 4.69) is 0 Å². The van der Waals surface area contributed by atoms with E-state index in [9.17, 15) is 24.3 Å². The molecule has 2 aromatic carbocycles. The van der Waals surface area contributed by atoms with E-state index < -0.39 is 47.4 Å². The maximum Gasteiger partial charge on any atom is 0.326 e. The number of amidine groups is 1. The molecule has 2 aromatic rings. The number of halogens is 1. The third-order valence-electron chi connectivity index (χ3n) is 7.12. The molecule has 1 atom stereocenters. The molecular formula is C28H31FN4O8. The molecule has 4 rings (SSSR count). The number of imide groups is 1. The number of nitrogens with zero attached hydrogens (tertiary/aromatic N) is 2. The lowest BCUT2D eigenvalue weighted by Gasteiger charge is -2.37. The van der Waals surface area contributed by atoms with Gasteiger partial charge in [0.25, 0.3) is 5.91 Å². The second kappa shape index (κ2) is 10.4. The Hall–Kier alpha value is -4.68. The van der Waals surface area contributed by atoms with Crippen LogP contribution in [0, 0.1) is 18.2 Å². The summed E-state index contributed by atoms with van der Waals surface area (Å²) in [6, 6.07) is 1.97. The van der Waals surface area contributed by atoms with Gasteiger partial charge in [-0.25, -0.2) is 14.1 Å². The number of rotatable bonds is 7. The number of carboxylic acid groups (broad SMARTS) is 1. The number of amides is 3. The number of hydrogen-bond donors (Lipinski definition) is 3. The molecule has 0 fully saturated rings. The first-order valence-electron chi connectivity index (χ1n) is 12.6. The van der Waals surface area contributed by atoms with Gasteiger partial charge in [0.05, 0.1) is 38.4 Å². The number of Topliss-reactive ketones (excluding diaryl/α,β-unsaturated/α-hetero) is 1. The van der Waals surface area contributed by atoms with Gasteiger partial charge in [-0.3, -0.25) is 19.8 Å². The predicted octanol–water partition coefficient (Wildman–Crippen LogP) is 3.12. The Morgan fingerprint density at radius 3 is 2.41 bits per heavy atom. The van der Waals surface area contributed by atoms with Gasteiger partial charge in [0.2, 0.25) is 0 Å². The van der Waals surface area contributed by atoms with Crippen LogP contribution in [0.5, 0.6) is 17.2 Å². The summed E-state index contributed by atoms with van der Waals surface area (Å²) < 4.78 is 31.4. The number of methoxy groups -OCH3 is 2. The van der Waals surface area contributed by atoms with Crippen LogP contribution < -0.4 is 24.8 Å². The highest BCUT2D eigenvalue weighted by atomic mass is 19.1. The number of nitrogens with one attached hydrogen (secondary N) is 1. The van der Waals surface area contributed by atoms with Gasteiger partial charge < -0.3 is 30.0 Å². The fraction of sp³-hybridized carbons (Fsp3) is 0.393. The predicted molar refractivity (Wildman–Crippen MR) is 145 cm³/mol. The van der Waals surface area contributed by atoms with Crippen molar-refractivity contribution in [3.8, 4) is 17.2 Å². The van der Waals surface area contributed by atoms with Gasteiger partial charge in [0.1, 0.15) is 11.6 Å². The topological polar surface area (TPSA) is 173 Å². The van der Waals surface area contributed by atoms with Crippen LogP contribution in [0.4, 0.5) is 14.9 Å². The average molecular weight is 571 g/mol. The van der Waals surface area contributed by atoms with Crippen molar-refractivity contribution in [2.24, 2.45) is 5.73 Å². The number of anilines is 1. The molecule has 2 aliphatic heterocycles. The van der Waals surface area contributed by atoms with Crippen LogP contribution in [-0.4, -0.2) is 66.4 Å². The van der Waals surface area contributed by atoms with Crippen LogP contribution >= 0.6 is 0 Å². The van der Waals surface area contributed by atoms with Crippen molar-refractivity contribution in [3.63, 3.8) is 0 Å². The van der Waals surface area contributed by atoms with E-state index >= 15 is 4.39 Å². The van der Waals surface area contributed by atoms with Crippen molar-refractivity contribution >= 4 is 35.2 Å². The van der Waals surface area contributed by atoms with Crippen molar-refractivity contribution in [2.75, 3.05) is 25.7 Å². The van der Waals surface area contributed by atoms with E-state index in [1.165, 1.54) is 26.0 Å². The molecule has 2 aliphatic rings. The molecule has 0 spiro atoms. The van der Waals surface area contributed by atoms with E-state index in [1.807, 2.05) is 20.8 Å². The number of carbonyl (C=O) groups is 4. The first-order chi connectivity index (χ1) is 19.1. The second-order valence-electron chi connectivity index (χ2n) is 10.8. The van der Waals surface area contributed by atoms with Crippen LogP contribution in [0.1, 0.15) is 59.8 Å². The zero-order chi connectivity index (χ0) is 30.5. The van der Waals surface area contributed by atoms with Gasteiger partial charge >= 0.3 is 12.0 Å². The molecule has 1 unspecified atom stereocenters. The van der Waals surface area contributed by atoms with Crippen molar-refractivity contribution in [3.05, 3.63) is 45.8 Å². The lowest BCUT2D eigenvalue weighted by Crippen LogP contribution is -2.52. The van der Waals surface area contributed by atoms with Crippen molar-refractivity contribution in [2.45, 2.75) is 52.2 Å². The number of nitrogens with two attached hydrogens (primary N) is 1. The van der Waals surface area contributed by atoms with Gasteiger partial charge in [-0.05, 0) is 35.6 Å². The fourth-order valence-electron chi connectivity index (χ4n) is 5.15. The van der Waals surface area contributed by atoms with Crippen molar-refractivity contribution in [1.82, 2.24) is 4.90 Å². The summed E-state index contributed by atoms with van der Waals surface area (Å²) in [5.41, 5.74) is 6.06. The van der Waals surface area contributed by atoms with E-state index in [0.29, 0.717) is 16.0 Å². The molecule has 12 nitrogen and oxygen atoms in total. The Labute approximate surface area is 235 Å². The standard InChI is InChI=1S/C28H31FN4O8/c1-12-14(16(34)11-32-10-13-7-17(39-5)24(40-6)21(29)20(13)25(32)30)8-15(28(2,3)4)23-22(12)33(27(31)38)26(37)18(41-23)9-19(35)36/h7-8,18,30H,9-11H2,1-6H3,(H2,31,38)(H,35,36). The van der Waals surface area contributed by atoms with E-state index in [0.717, 1.165) is 0 Å². The summed E-state index contributed by atoms with van der Waals surface area (Å²) in [4.78, 5) is 52.8. The van der Waals surface area contributed by atoms with E-state index in [1.54, 1.807) is 12.1 Å². The average Bonchev–Trinajstić information content (AvgIpc) is 3.18. The Morgan fingerprint density at radius 2 is 1.88 bits per heavy atom. The minimum absolute atomic E-state index is 0.00336. The summed E-state index contributed by atoms with van der Waals surface area (Å²) in [7, 11) is 2.65. The molecule has 0 saturated carbocycles. The quantitative estimate of drug-likeness (QED) is 0.423. The number of primary amides is 1. The molecule has 0 bridgehead atoms. The molecule has 2 heterocycles. The summed E-state index contributed by atoms with van der Waals surface area (Å²) in [5.74, 6) is -3.65. The summed E-state index contributed by atoms with van der Waals surface area (Å²) in [6.07, 6.45) is -2.20. The number of hydrogen-bond acceptors (Lipinski definition) is 8. The molecule has 0 aliphatic carbocycles. The molecular weight excluding hydrogens is 539 g/mol. The minimum atomic E-state index is -1.50. The number of aliphatic carboxylic acids is 1. The highest BCUT2D eigenvalue weighted by Crippen LogP contribution is 2.46. The lowest BCUT2D eigenvalue weighted by molar-refractivity contribution is -0.142. The molecule has 0 aromatic heterocycles. The molecule has 0 saturated heterocycles. The first-order valence-corrected chi connectivity index (χ1v) is 12.6. The van der Waals surface area contributed by atoms with Gasteiger partial charge in [-0.15, -0.1) is 0 Å². The van der Waals surface area contributed by atoms with Gasteiger partial charge in [-0.1, -0.05) is 20.8 Å². The molecule has 13 heteroatoms. The second-order valence-corrected chi connectivity index (χ2v) is 10.8. The van der Waals surface area contributed by atoms with Crippen LogP contribution in [0.15, 0.2) is 12.1 Å². The van der Waals surface area contributed by atoms with E-state index in [4.69, 9.17) is 25.4 Å². The Balaban J connectivity index is 1.79. The number of ether oxygens (including phenoxy) is 3. The number of ketones is 1. The Kier molecular flexibility index (Phi) is 7.42. The molecule has 4 N–H and O–H groups in total. The zero-order valence-electron chi connectivity index (χ0n) is 23.5. The number of benzene rings is 2. The highest BCUT2D eigenvalue weighted by molar-refractivity contribution is 6.19. The normalized spacial score (nSPS) is 16.2. The Bertz CT molecular complexity index is 1510. The number of carbonyl (C=O) groups excluding carboxylic acids is 3. The fourth-order valence-corrected chi connectivity index (χ4v) is 5.15. The molecule has 41 heavy (non-hydrogen) atoms. The zero-order valence-corrected chi connectivity index (χ0v) is 23.5. The molecule has 0 radical (unpaired) electrons. The van der Waals surface area contributed by atoms with Crippen LogP contribution in [0.3, 0.4) is 0 Å². The van der Waals surface area contributed by atoms with Gasteiger partial charge in [-0.2, -0.15) is 0 Å². The van der Waals surface area contributed by atoms with Crippen LogP contribution in [-0.2, 0) is 21.5 Å². The van der Waals surface area contributed by atoms with E-state index in [-0.39, 0.29) is 58.6 Å². The third kappa shape index (κ3) is 4.92. The maximum atomic E-state index is 15.2. The van der Waals surface area contributed by atoms with Crippen LogP contribution in [0.2, 0.25) is 0 Å². The number of carboxylic acids is 1. The molecule has 3 amide bonds. The number of fused-ring (bicyclic) bond motifs is 2. The highest BCUT2D eigenvalue weighted by Gasteiger charge is 2.43. The first kappa shape index (κ1) is 29.3. The van der Waals surface area contributed by atoms with Crippen molar-refractivity contribution < 1.29 is 42.9 Å². The minimum Gasteiger partial charge on any atom is -0.493 e. The SMILES string of the molecule is COc1cc2c(c(F)c1OC)C(=N)N(CC(=O)c1cc(C(C)(C)C)c3c(c1C)N(C(N)=O)C(=O)C(CC(=O)O)O3)C2. The summed E-state index contributed by atoms with van der Waals surface area (Å²) >= 11 is 0. The lowest BCUT2D eigenvalue weighted by atomic mass is 9.82. The largest absolute Gasteiger partial charge is 0.493 e. The maximum absolute atomic E-state index is 15.2. The smallest absolute Gasteiger partial charge is 0.326 e. The molecule has 218 valence electrons. The third-order valence-corrected chi connectivity index (χ3v) is 7.12. The Morgan fingerprint density at radius 1 is 1.22 bits per heavy atom. The van der Waals surface area contributed by atoms with Crippen LogP contribution in [0.25, 0.3) is 0 Å². The number of urea groups is 1. The van der Waals surface area contributed by atoms with Gasteiger partial charge in [0, 0.05) is 17.7 Å².